The van der Waals surface area contributed by atoms with Gasteiger partial charge in [-0.3, -0.25) is 14.9 Å². The molecule has 1 heterocycles. The predicted molar refractivity (Wildman–Crippen MR) is 115 cm³/mol. The van der Waals surface area contributed by atoms with Crippen molar-refractivity contribution in [2.75, 3.05) is 5.32 Å². The average Bonchev–Trinajstić information content (AvgIpc) is 3.13. The molecule has 0 atom stereocenters. The van der Waals surface area contributed by atoms with E-state index in [1.54, 1.807) is 37.3 Å². The zero-order valence-corrected chi connectivity index (χ0v) is 16.9. The van der Waals surface area contributed by atoms with Crippen molar-refractivity contribution < 1.29 is 14.1 Å². The number of fused-ring (bicyclic) bond motifs is 1. The van der Waals surface area contributed by atoms with Gasteiger partial charge in [0.2, 0.25) is 5.89 Å². The number of benzene rings is 3. The zero-order valence-electron chi connectivity index (χ0n) is 16.1. The maximum absolute atomic E-state index is 12.6. The highest BCUT2D eigenvalue weighted by atomic mass is 35.5. The second kappa shape index (κ2) is 7.61. The van der Waals surface area contributed by atoms with Gasteiger partial charge in [-0.2, -0.15) is 0 Å². The van der Waals surface area contributed by atoms with Gasteiger partial charge in [-0.15, -0.1) is 0 Å². The van der Waals surface area contributed by atoms with Crippen LogP contribution in [0.15, 0.2) is 59.0 Å². The van der Waals surface area contributed by atoms with Crippen molar-refractivity contribution in [3.8, 4) is 11.5 Å². The van der Waals surface area contributed by atoms with E-state index in [-0.39, 0.29) is 11.3 Å². The van der Waals surface area contributed by atoms with Crippen LogP contribution in [0.4, 0.5) is 11.4 Å². The van der Waals surface area contributed by atoms with Gasteiger partial charge in [0.15, 0.2) is 5.58 Å². The average molecular weight is 422 g/mol. The van der Waals surface area contributed by atoms with Gasteiger partial charge in [0.05, 0.1) is 4.92 Å². The van der Waals surface area contributed by atoms with Gasteiger partial charge >= 0.3 is 0 Å². The van der Waals surface area contributed by atoms with Crippen LogP contribution in [0.25, 0.3) is 22.6 Å². The molecule has 1 N–H and O–H groups in total. The fourth-order valence-corrected chi connectivity index (χ4v) is 3.30. The van der Waals surface area contributed by atoms with Crippen molar-refractivity contribution in [2.24, 2.45) is 0 Å². The Morgan fingerprint density at radius 3 is 2.67 bits per heavy atom. The Bertz CT molecular complexity index is 1310. The molecule has 0 saturated carbocycles. The summed E-state index contributed by atoms with van der Waals surface area (Å²) in [6.45, 7) is 3.46. The number of hydrogen-bond acceptors (Lipinski definition) is 5. The number of halogens is 1. The van der Waals surface area contributed by atoms with Gasteiger partial charge in [0.25, 0.3) is 11.6 Å². The van der Waals surface area contributed by atoms with Gasteiger partial charge in [0.1, 0.15) is 5.52 Å². The van der Waals surface area contributed by atoms with E-state index in [4.69, 9.17) is 16.0 Å². The summed E-state index contributed by atoms with van der Waals surface area (Å²) in [5.74, 6) is -0.0190. The van der Waals surface area contributed by atoms with E-state index in [1.807, 2.05) is 19.1 Å². The van der Waals surface area contributed by atoms with Crippen molar-refractivity contribution in [2.45, 2.75) is 13.8 Å². The van der Waals surface area contributed by atoms with E-state index >= 15 is 0 Å². The number of carbonyl (C=O) groups excluding carboxylic acids is 1. The third-order valence-corrected chi connectivity index (χ3v) is 5.22. The first-order valence-corrected chi connectivity index (χ1v) is 9.44. The third kappa shape index (κ3) is 3.62. The monoisotopic (exact) mass is 421 g/mol. The molecule has 1 amide bonds. The smallest absolute Gasteiger partial charge is 0.273 e. The van der Waals surface area contributed by atoms with Crippen LogP contribution >= 0.6 is 11.6 Å². The number of nitrogens with one attached hydrogen (secondary N) is 1. The van der Waals surface area contributed by atoms with Gasteiger partial charge < -0.3 is 9.73 Å². The first kappa shape index (κ1) is 19.6. The summed E-state index contributed by atoms with van der Waals surface area (Å²) in [6, 6.07) is 15.0. The number of carbonyl (C=O) groups is 1. The van der Waals surface area contributed by atoms with E-state index in [2.05, 4.69) is 10.3 Å². The first-order valence-electron chi connectivity index (χ1n) is 9.06. The number of anilines is 1. The quantitative estimate of drug-likeness (QED) is 0.325. The molecule has 8 heteroatoms. The molecule has 3 aromatic carbocycles. The summed E-state index contributed by atoms with van der Waals surface area (Å²) in [7, 11) is 0. The van der Waals surface area contributed by atoms with Gasteiger partial charge in [-0.1, -0.05) is 23.7 Å². The molecule has 0 saturated heterocycles. The molecule has 0 aliphatic rings. The molecule has 0 bridgehead atoms. The van der Waals surface area contributed by atoms with Crippen molar-refractivity contribution >= 4 is 40.0 Å². The summed E-state index contributed by atoms with van der Waals surface area (Å²) < 4.78 is 5.80. The summed E-state index contributed by atoms with van der Waals surface area (Å²) in [6.07, 6.45) is 0. The van der Waals surface area contributed by atoms with Crippen LogP contribution in [-0.2, 0) is 0 Å². The lowest BCUT2D eigenvalue weighted by Crippen LogP contribution is -2.14. The van der Waals surface area contributed by atoms with Gasteiger partial charge in [0, 0.05) is 33.5 Å². The van der Waals surface area contributed by atoms with E-state index in [0.717, 1.165) is 11.1 Å². The number of nitro groups is 1. The standard InChI is InChI=1S/C22H16ClN3O4/c1-12-6-7-14(10-17(12)23)22-25-18-11-15(8-9-20(18)30-22)24-21(27)16-4-3-5-19(13(16)2)26(28)29/h3-11H,1-2H3,(H,24,27). The van der Waals surface area contributed by atoms with Crippen LogP contribution in [0.5, 0.6) is 0 Å². The molecule has 1 aromatic heterocycles. The number of oxazole rings is 1. The maximum atomic E-state index is 12.6. The summed E-state index contributed by atoms with van der Waals surface area (Å²) in [5, 5.41) is 14.5. The summed E-state index contributed by atoms with van der Waals surface area (Å²) >= 11 is 6.19. The Hall–Kier alpha value is -3.71. The van der Waals surface area contributed by atoms with Crippen LogP contribution < -0.4 is 5.32 Å². The maximum Gasteiger partial charge on any atom is 0.273 e. The minimum absolute atomic E-state index is 0.101. The van der Waals surface area contributed by atoms with Gasteiger partial charge in [-0.25, -0.2) is 4.98 Å². The number of aryl methyl sites for hydroxylation is 1. The molecule has 0 radical (unpaired) electrons. The second-order valence-electron chi connectivity index (χ2n) is 6.83. The summed E-state index contributed by atoms with van der Waals surface area (Å²) in [4.78, 5) is 27.7. The Morgan fingerprint density at radius 1 is 1.13 bits per heavy atom. The van der Waals surface area contributed by atoms with Crippen molar-refractivity contribution in [3.05, 3.63) is 86.4 Å². The Morgan fingerprint density at radius 2 is 1.93 bits per heavy atom. The highest BCUT2D eigenvalue weighted by Gasteiger charge is 2.18. The number of rotatable bonds is 4. The molecule has 0 aliphatic heterocycles. The predicted octanol–water partition coefficient (Wildman–Crippen LogP) is 5.93. The lowest BCUT2D eigenvalue weighted by Gasteiger charge is -2.07. The topological polar surface area (TPSA) is 98.3 Å². The zero-order chi connectivity index (χ0) is 21.4. The van der Waals surface area contributed by atoms with E-state index < -0.39 is 10.8 Å². The molecule has 4 aromatic rings. The Balaban J connectivity index is 1.63. The molecular formula is C22H16ClN3O4. The molecule has 150 valence electrons. The van der Waals surface area contributed by atoms with Crippen molar-refractivity contribution in [1.82, 2.24) is 4.98 Å². The fraction of sp³-hybridized carbons (Fsp3) is 0.0909. The highest BCUT2D eigenvalue weighted by molar-refractivity contribution is 6.31. The van der Waals surface area contributed by atoms with Crippen molar-refractivity contribution in [3.63, 3.8) is 0 Å². The minimum Gasteiger partial charge on any atom is -0.436 e. The normalized spacial score (nSPS) is 10.9. The molecule has 0 fully saturated rings. The van der Waals surface area contributed by atoms with Crippen molar-refractivity contribution in [1.29, 1.82) is 0 Å². The second-order valence-corrected chi connectivity index (χ2v) is 7.23. The SMILES string of the molecule is Cc1ccc(-c2nc3cc(NC(=O)c4cccc([N+](=O)[O-])c4C)ccc3o2)cc1Cl. The lowest BCUT2D eigenvalue weighted by molar-refractivity contribution is -0.385. The highest BCUT2D eigenvalue weighted by Crippen LogP contribution is 2.29. The number of aromatic nitrogens is 1. The van der Waals surface area contributed by atoms with E-state index in [0.29, 0.717) is 33.3 Å². The number of nitro benzene ring substituents is 1. The minimum atomic E-state index is -0.508. The lowest BCUT2D eigenvalue weighted by atomic mass is 10.1. The first-order chi connectivity index (χ1) is 14.3. The molecule has 0 spiro atoms. The molecule has 0 aliphatic carbocycles. The fourth-order valence-electron chi connectivity index (χ4n) is 3.12. The molecule has 7 nitrogen and oxygen atoms in total. The molecule has 4 rings (SSSR count). The molecule has 30 heavy (non-hydrogen) atoms. The van der Waals surface area contributed by atoms with Crippen LogP contribution in [-0.4, -0.2) is 15.8 Å². The van der Waals surface area contributed by atoms with E-state index in [1.165, 1.54) is 12.1 Å². The number of hydrogen-bond donors (Lipinski definition) is 1. The summed E-state index contributed by atoms with van der Waals surface area (Å²) in [5.41, 5.74) is 3.77. The van der Waals surface area contributed by atoms with Crippen LogP contribution in [0, 0.1) is 24.0 Å². The van der Waals surface area contributed by atoms with Crippen LogP contribution in [0.2, 0.25) is 5.02 Å². The third-order valence-electron chi connectivity index (χ3n) is 4.81. The van der Waals surface area contributed by atoms with E-state index in [9.17, 15) is 14.9 Å². The largest absolute Gasteiger partial charge is 0.436 e. The van der Waals surface area contributed by atoms with Gasteiger partial charge in [-0.05, 0) is 55.8 Å². The molecule has 0 unspecified atom stereocenters. The van der Waals surface area contributed by atoms with Crippen LogP contribution in [0.3, 0.4) is 0 Å². The van der Waals surface area contributed by atoms with Crippen LogP contribution in [0.1, 0.15) is 21.5 Å². The Labute approximate surface area is 176 Å². The Kier molecular flexibility index (Phi) is 4.97. The number of nitrogens with zero attached hydrogens (tertiary/aromatic N) is 2. The number of amides is 1. The molecular weight excluding hydrogens is 406 g/mol.